The molecule has 0 aliphatic heterocycles. The quantitative estimate of drug-likeness (QED) is 0.219. The highest BCUT2D eigenvalue weighted by Crippen LogP contribution is 2.46. The summed E-state index contributed by atoms with van der Waals surface area (Å²) in [6, 6.07) is 44.7. The van der Waals surface area contributed by atoms with Gasteiger partial charge in [0.2, 0.25) is 0 Å². The van der Waals surface area contributed by atoms with Gasteiger partial charge >= 0.3 is 0 Å². The van der Waals surface area contributed by atoms with Crippen LogP contribution in [0.2, 0.25) is 0 Å². The van der Waals surface area contributed by atoms with Gasteiger partial charge in [-0.3, -0.25) is 0 Å². The van der Waals surface area contributed by atoms with Gasteiger partial charge in [-0.2, -0.15) is 5.26 Å². The number of para-hydroxylation sites is 2. The third-order valence-corrected chi connectivity index (χ3v) is 9.43. The van der Waals surface area contributed by atoms with Gasteiger partial charge in [0, 0.05) is 37.0 Å². The van der Waals surface area contributed by atoms with E-state index in [4.69, 9.17) is 4.42 Å². The van der Waals surface area contributed by atoms with E-state index in [1.807, 2.05) is 35.6 Å². The lowest BCUT2D eigenvalue weighted by atomic mass is 9.95. The highest BCUT2D eigenvalue weighted by Gasteiger charge is 2.20. The number of nitrogens with zero attached hydrogens (tertiary/aromatic N) is 2. The molecule has 190 valence electrons. The van der Waals surface area contributed by atoms with Crippen LogP contribution in [0.5, 0.6) is 0 Å². The van der Waals surface area contributed by atoms with Gasteiger partial charge in [0.05, 0.1) is 33.1 Å². The summed E-state index contributed by atoms with van der Waals surface area (Å²) in [4.78, 5) is 0. The number of furan rings is 1. The molecule has 0 amide bonds. The first kappa shape index (κ1) is 22.4. The molecule has 0 saturated heterocycles. The van der Waals surface area contributed by atoms with Crippen molar-refractivity contribution in [2.45, 2.75) is 0 Å². The molecule has 0 fully saturated rings. The van der Waals surface area contributed by atoms with E-state index in [0.29, 0.717) is 5.56 Å². The predicted octanol–water partition coefficient (Wildman–Crippen LogP) is 10.6. The molecule has 4 heteroatoms. The molecule has 3 nitrogen and oxygen atoms in total. The highest BCUT2D eigenvalue weighted by atomic mass is 32.1. The van der Waals surface area contributed by atoms with E-state index in [2.05, 4.69) is 108 Å². The maximum Gasteiger partial charge on any atom is 0.136 e. The lowest BCUT2D eigenvalue weighted by molar-refractivity contribution is 0.669. The fraction of sp³-hybridized carbons (Fsp3) is 0. The summed E-state index contributed by atoms with van der Waals surface area (Å²) in [5, 5.41) is 16.8. The Bertz CT molecular complexity index is 2560. The van der Waals surface area contributed by atoms with Crippen molar-refractivity contribution in [3.63, 3.8) is 0 Å². The molecule has 9 aromatic rings. The molecule has 0 spiro atoms. The SMILES string of the molecule is N#Cc1ccc2c3ccccc3n(-c3cccc4c3sc3cccc(-c5cccc6oc7ccccc7c56)c34)c2c1. The summed E-state index contributed by atoms with van der Waals surface area (Å²) in [5.74, 6) is 0. The standard InChI is InChI=1S/C37H20N2OS/c38-21-22-18-19-24-23-8-1-3-13-29(23)39(31(24)20-22)30-14-5-12-28-36-26(11-7-17-34(36)41-37(28)30)25-10-6-16-33-35(25)27-9-2-4-15-32(27)40-33/h1-20H. The Hall–Kier alpha value is -5.37. The van der Waals surface area contributed by atoms with Crippen LogP contribution in [0, 0.1) is 11.3 Å². The minimum atomic E-state index is 0.660. The van der Waals surface area contributed by atoms with Gasteiger partial charge in [0.25, 0.3) is 0 Å². The van der Waals surface area contributed by atoms with Crippen molar-refractivity contribution in [1.82, 2.24) is 4.57 Å². The van der Waals surface area contributed by atoms with Crippen LogP contribution < -0.4 is 0 Å². The molecule has 3 heterocycles. The molecule has 0 saturated carbocycles. The van der Waals surface area contributed by atoms with Crippen LogP contribution >= 0.6 is 11.3 Å². The summed E-state index contributed by atoms with van der Waals surface area (Å²) >= 11 is 1.82. The molecular formula is C37H20N2OS. The van der Waals surface area contributed by atoms with Crippen LogP contribution in [-0.2, 0) is 0 Å². The summed E-state index contributed by atoms with van der Waals surface area (Å²) in [6.07, 6.45) is 0. The Labute approximate surface area is 238 Å². The third-order valence-electron chi connectivity index (χ3n) is 8.24. The van der Waals surface area contributed by atoms with Gasteiger partial charge in [-0.1, -0.05) is 78.9 Å². The molecule has 0 atom stereocenters. The van der Waals surface area contributed by atoms with Crippen molar-refractivity contribution in [3.8, 4) is 22.9 Å². The molecule has 3 aromatic heterocycles. The van der Waals surface area contributed by atoms with Crippen LogP contribution in [0.25, 0.3) is 80.7 Å². The molecule has 9 rings (SSSR count). The number of aromatic nitrogens is 1. The number of hydrogen-bond donors (Lipinski definition) is 0. The van der Waals surface area contributed by atoms with E-state index in [9.17, 15) is 5.26 Å². The number of rotatable bonds is 2. The predicted molar refractivity (Wildman–Crippen MR) is 171 cm³/mol. The van der Waals surface area contributed by atoms with E-state index < -0.39 is 0 Å². The number of benzene rings is 6. The zero-order valence-electron chi connectivity index (χ0n) is 21.8. The maximum atomic E-state index is 9.70. The van der Waals surface area contributed by atoms with Crippen molar-refractivity contribution < 1.29 is 4.42 Å². The van der Waals surface area contributed by atoms with Gasteiger partial charge in [-0.25, -0.2) is 0 Å². The van der Waals surface area contributed by atoms with E-state index in [1.165, 1.54) is 36.7 Å². The molecule has 6 aromatic carbocycles. The van der Waals surface area contributed by atoms with Crippen LogP contribution in [0.1, 0.15) is 5.56 Å². The zero-order chi connectivity index (χ0) is 27.1. The minimum Gasteiger partial charge on any atom is -0.456 e. The summed E-state index contributed by atoms with van der Waals surface area (Å²) in [6.45, 7) is 0. The molecule has 0 radical (unpaired) electrons. The lowest BCUT2D eigenvalue weighted by Gasteiger charge is -2.10. The number of thiophene rings is 1. The van der Waals surface area contributed by atoms with Gasteiger partial charge in [-0.05, 0) is 53.6 Å². The van der Waals surface area contributed by atoms with Gasteiger partial charge in [-0.15, -0.1) is 11.3 Å². The Morgan fingerprint density at radius 1 is 0.585 bits per heavy atom. The van der Waals surface area contributed by atoms with Crippen LogP contribution in [0.4, 0.5) is 0 Å². The smallest absolute Gasteiger partial charge is 0.136 e. The second kappa shape index (κ2) is 8.32. The first-order valence-electron chi connectivity index (χ1n) is 13.6. The summed E-state index contributed by atoms with van der Waals surface area (Å²) in [7, 11) is 0. The Kier molecular flexibility index (Phi) is 4.55. The zero-order valence-corrected chi connectivity index (χ0v) is 22.6. The van der Waals surface area contributed by atoms with Crippen molar-refractivity contribution >= 4 is 75.3 Å². The Morgan fingerprint density at radius 2 is 1.29 bits per heavy atom. The molecule has 0 bridgehead atoms. The van der Waals surface area contributed by atoms with Gasteiger partial charge < -0.3 is 8.98 Å². The Balaban J connectivity index is 1.39. The molecular weight excluding hydrogens is 520 g/mol. The van der Waals surface area contributed by atoms with E-state index in [0.717, 1.165) is 44.0 Å². The highest BCUT2D eigenvalue weighted by molar-refractivity contribution is 7.26. The molecule has 0 N–H and O–H groups in total. The van der Waals surface area contributed by atoms with Crippen molar-refractivity contribution in [1.29, 1.82) is 5.26 Å². The molecule has 0 aliphatic carbocycles. The van der Waals surface area contributed by atoms with E-state index in [1.54, 1.807) is 0 Å². The molecule has 0 aliphatic rings. The van der Waals surface area contributed by atoms with Crippen LogP contribution in [-0.4, -0.2) is 4.57 Å². The number of hydrogen-bond acceptors (Lipinski definition) is 3. The number of nitriles is 1. The fourth-order valence-electron chi connectivity index (χ4n) is 6.53. The molecule has 0 unspecified atom stereocenters. The lowest BCUT2D eigenvalue weighted by Crippen LogP contribution is -1.94. The second-order valence-electron chi connectivity index (χ2n) is 10.4. The third kappa shape index (κ3) is 3.07. The van der Waals surface area contributed by atoms with Crippen molar-refractivity contribution in [2.75, 3.05) is 0 Å². The van der Waals surface area contributed by atoms with E-state index >= 15 is 0 Å². The average Bonchev–Trinajstić information content (AvgIpc) is 3.70. The van der Waals surface area contributed by atoms with Crippen molar-refractivity contribution in [3.05, 3.63) is 127 Å². The van der Waals surface area contributed by atoms with Gasteiger partial charge in [0.1, 0.15) is 11.2 Å². The minimum absolute atomic E-state index is 0.660. The summed E-state index contributed by atoms with van der Waals surface area (Å²) in [5.41, 5.74) is 8.16. The second-order valence-corrected chi connectivity index (χ2v) is 11.5. The van der Waals surface area contributed by atoms with Gasteiger partial charge in [0.15, 0.2) is 0 Å². The first-order chi connectivity index (χ1) is 20.3. The largest absolute Gasteiger partial charge is 0.456 e. The topological polar surface area (TPSA) is 41.9 Å². The van der Waals surface area contributed by atoms with E-state index in [-0.39, 0.29) is 0 Å². The monoisotopic (exact) mass is 540 g/mol. The molecule has 41 heavy (non-hydrogen) atoms. The average molecular weight is 541 g/mol. The van der Waals surface area contributed by atoms with Crippen LogP contribution in [0.15, 0.2) is 126 Å². The first-order valence-corrected chi connectivity index (χ1v) is 14.4. The van der Waals surface area contributed by atoms with Crippen LogP contribution in [0.3, 0.4) is 0 Å². The summed E-state index contributed by atoms with van der Waals surface area (Å²) < 4.78 is 11.0. The van der Waals surface area contributed by atoms with Crippen molar-refractivity contribution in [2.24, 2.45) is 0 Å². The maximum absolute atomic E-state index is 9.70. The Morgan fingerprint density at radius 3 is 2.20 bits per heavy atom. The normalized spacial score (nSPS) is 11.9. The number of fused-ring (bicyclic) bond motifs is 9. The fourth-order valence-corrected chi connectivity index (χ4v) is 7.76.